The number of aromatic carboxylic acids is 1. The molecule has 2 aromatic rings. The molecule has 0 fully saturated rings. The van der Waals surface area contributed by atoms with Crippen LogP contribution in [0.3, 0.4) is 0 Å². The Hall–Kier alpha value is -2.63. The summed E-state index contributed by atoms with van der Waals surface area (Å²) in [6.07, 6.45) is 4.57. The summed E-state index contributed by atoms with van der Waals surface area (Å²) in [4.78, 5) is 22.6. The normalized spacial score (nSPS) is 10.3. The first kappa shape index (κ1) is 14.8. The van der Waals surface area contributed by atoms with Gasteiger partial charge in [-0.25, -0.2) is 4.79 Å². The van der Waals surface area contributed by atoms with Crippen molar-refractivity contribution < 1.29 is 14.7 Å². The average Bonchev–Trinajstić information content (AvgIpc) is 2.97. The number of hydrogen-bond acceptors (Lipinski definition) is 3. The third-order valence-electron chi connectivity index (χ3n) is 2.98. The van der Waals surface area contributed by atoms with Gasteiger partial charge in [-0.05, 0) is 30.2 Å². The zero-order chi connectivity index (χ0) is 15.1. The maximum absolute atomic E-state index is 11.8. The van der Waals surface area contributed by atoms with Crippen molar-refractivity contribution in [1.29, 1.82) is 0 Å². The molecule has 0 aliphatic heterocycles. The van der Waals surface area contributed by atoms with Gasteiger partial charge in [0.25, 0.3) is 0 Å². The molecular weight excluding hydrogens is 270 g/mol. The maximum atomic E-state index is 11.8. The molecule has 1 amide bonds. The van der Waals surface area contributed by atoms with E-state index in [9.17, 15) is 9.59 Å². The van der Waals surface area contributed by atoms with Crippen molar-refractivity contribution >= 4 is 11.9 Å². The van der Waals surface area contributed by atoms with Crippen LogP contribution in [0.2, 0.25) is 0 Å². The van der Waals surface area contributed by atoms with Crippen molar-refractivity contribution in [1.82, 2.24) is 15.1 Å². The van der Waals surface area contributed by atoms with Crippen LogP contribution in [0.15, 0.2) is 42.7 Å². The smallest absolute Gasteiger partial charge is 0.335 e. The molecule has 0 bridgehead atoms. The van der Waals surface area contributed by atoms with Crippen LogP contribution in [0.5, 0.6) is 0 Å². The van der Waals surface area contributed by atoms with E-state index >= 15 is 0 Å². The topological polar surface area (TPSA) is 84.2 Å². The number of hydrogen-bond donors (Lipinski definition) is 2. The van der Waals surface area contributed by atoms with Crippen molar-refractivity contribution in [3.8, 4) is 0 Å². The standard InChI is InChI=1S/C15H17N3O3/c19-14(16-6-2-8-18-9-3-7-17-18)11-12-4-1-5-13(10-12)15(20)21/h1,3-5,7,9-10H,2,6,8,11H2,(H,16,19)(H,20,21). The third kappa shape index (κ3) is 4.76. The minimum Gasteiger partial charge on any atom is -0.478 e. The summed E-state index contributed by atoms with van der Waals surface area (Å²) >= 11 is 0. The number of carboxylic acid groups (broad SMARTS) is 1. The van der Waals surface area contributed by atoms with E-state index in [0.717, 1.165) is 13.0 Å². The van der Waals surface area contributed by atoms with Gasteiger partial charge in [-0.3, -0.25) is 9.48 Å². The summed E-state index contributed by atoms with van der Waals surface area (Å²) in [6, 6.07) is 8.27. The Balaban J connectivity index is 1.74. The number of carbonyl (C=O) groups is 2. The highest BCUT2D eigenvalue weighted by atomic mass is 16.4. The molecule has 0 saturated carbocycles. The number of carboxylic acids is 1. The lowest BCUT2D eigenvalue weighted by Gasteiger charge is -2.06. The number of benzene rings is 1. The zero-order valence-corrected chi connectivity index (χ0v) is 11.5. The van der Waals surface area contributed by atoms with Crippen LogP contribution in [0, 0.1) is 0 Å². The largest absolute Gasteiger partial charge is 0.478 e. The Kier molecular flexibility index (Phi) is 5.09. The molecular formula is C15H17N3O3. The first-order chi connectivity index (χ1) is 10.1. The van der Waals surface area contributed by atoms with Gasteiger partial charge in [-0.15, -0.1) is 0 Å². The van der Waals surface area contributed by atoms with Gasteiger partial charge < -0.3 is 10.4 Å². The van der Waals surface area contributed by atoms with E-state index in [1.807, 2.05) is 16.9 Å². The van der Waals surface area contributed by atoms with Gasteiger partial charge in [0.05, 0.1) is 12.0 Å². The number of carbonyl (C=O) groups excluding carboxylic acids is 1. The molecule has 0 unspecified atom stereocenters. The van der Waals surface area contributed by atoms with E-state index in [-0.39, 0.29) is 17.9 Å². The number of nitrogens with zero attached hydrogens (tertiary/aromatic N) is 2. The first-order valence-corrected chi connectivity index (χ1v) is 6.71. The van der Waals surface area contributed by atoms with Crippen molar-refractivity contribution in [3.63, 3.8) is 0 Å². The van der Waals surface area contributed by atoms with Crippen molar-refractivity contribution in [2.45, 2.75) is 19.4 Å². The first-order valence-electron chi connectivity index (χ1n) is 6.71. The lowest BCUT2D eigenvalue weighted by atomic mass is 10.1. The molecule has 1 aromatic heterocycles. The van der Waals surface area contributed by atoms with Gasteiger partial charge in [0.2, 0.25) is 5.91 Å². The average molecular weight is 287 g/mol. The molecule has 21 heavy (non-hydrogen) atoms. The van der Waals surface area contributed by atoms with E-state index in [2.05, 4.69) is 10.4 Å². The summed E-state index contributed by atoms with van der Waals surface area (Å²) in [7, 11) is 0. The lowest BCUT2D eigenvalue weighted by Crippen LogP contribution is -2.26. The molecule has 0 aliphatic rings. The number of amides is 1. The molecule has 0 saturated heterocycles. The summed E-state index contributed by atoms with van der Waals surface area (Å²) in [5, 5.41) is 15.8. The van der Waals surface area contributed by atoms with E-state index in [1.54, 1.807) is 18.3 Å². The quantitative estimate of drug-likeness (QED) is 0.752. The van der Waals surface area contributed by atoms with Gasteiger partial charge in [-0.2, -0.15) is 5.10 Å². The van der Waals surface area contributed by atoms with Crippen LogP contribution in [-0.4, -0.2) is 33.3 Å². The summed E-state index contributed by atoms with van der Waals surface area (Å²) in [5.74, 6) is -1.10. The minimum atomic E-state index is -0.989. The van der Waals surface area contributed by atoms with Crippen LogP contribution in [0.1, 0.15) is 22.3 Å². The van der Waals surface area contributed by atoms with Gasteiger partial charge in [0.15, 0.2) is 0 Å². The molecule has 0 radical (unpaired) electrons. The minimum absolute atomic E-state index is 0.113. The van der Waals surface area contributed by atoms with Crippen LogP contribution in [0.4, 0.5) is 0 Å². The van der Waals surface area contributed by atoms with Crippen LogP contribution in [0.25, 0.3) is 0 Å². The predicted molar refractivity (Wildman–Crippen MR) is 77.0 cm³/mol. The van der Waals surface area contributed by atoms with Crippen LogP contribution < -0.4 is 5.32 Å². The van der Waals surface area contributed by atoms with Crippen molar-refractivity contribution in [2.75, 3.05) is 6.54 Å². The zero-order valence-electron chi connectivity index (χ0n) is 11.5. The molecule has 0 spiro atoms. The predicted octanol–water partition coefficient (Wildman–Crippen LogP) is 1.33. The van der Waals surface area contributed by atoms with E-state index in [0.29, 0.717) is 12.1 Å². The summed E-state index contributed by atoms with van der Waals surface area (Å²) < 4.78 is 1.81. The number of aryl methyl sites for hydroxylation is 1. The second-order valence-corrected chi connectivity index (χ2v) is 4.65. The lowest BCUT2D eigenvalue weighted by molar-refractivity contribution is -0.120. The molecule has 0 atom stereocenters. The third-order valence-corrected chi connectivity index (χ3v) is 2.98. The molecule has 0 aliphatic carbocycles. The molecule has 1 aromatic carbocycles. The number of nitrogens with one attached hydrogen (secondary N) is 1. The molecule has 110 valence electrons. The number of aromatic nitrogens is 2. The highest BCUT2D eigenvalue weighted by molar-refractivity contribution is 5.88. The highest BCUT2D eigenvalue weighted by Crippen LogP contribution is 2.06. The Morgan fingerprint density at radius 3 is 2.86 bits per heavy atom. The Labute approximate surface area is 122 Å². The molecule has 6 heteroatoms. The summed E-state index contributed by atoms with van der Waals surface area (Å²) in [5.41, 5.74) is 0.887. The second kappa shape index (κ2) is 7.23. The fourth-order valence-electron chi connectivity index (χ4n) is 1.96. The molecule has 6 nitrogen and oxygen atoms in total. The van der Waals surface area contributed by atoms with E-state index in [1.165, 1.54) is 12.1 Å². The Bertz CT molecular complexity index is 608. The van der Waals surface area contributed by atoms with Gasteiger partial charge in [0.1, 0.15) is 0 Å². The maximum Gasteiger partial charge on any atom is 0.335 e. The molecule has 1 heterocycles. The SMILES string of the molecule is O=C(Cc1cccc(C(=O)O)c1)NCCCn1cccn1. The van der Waals surface area contributed by atoms with E-state index in [4.69, 9.17) is 5.11 Å². The monoisotopic (exact) mass is 287 g/mol. The van der Waals surface area contributed by atoms with E-state index < -0.39 is 5.97 Å². The Morgan fingerprint density at radius 2 is 2.14 bits per heavy atom. The van der Waals surface area contributed by atoms with Gasteiger partial charge in [-0.1, -0.05) is 12.1 Å². The van der Waals surface area contributed by atoms with Gasteiger partial charge >= 0.3 is 5.97 Å². The fourth-order valence-corrected chi connectivity index (χ4v) is 1.96. The van der Waals surface area contributed by atoms with Crippen LogP contribution in [-0.2, 0) is 17.8 Å². The second-order valence-electron chi connectivity index (χ2n) is 4.65. The highest BCUT2D eigenvalue weighted by Gasteiger charge is 2.06. The Morgan fingerprint density at radius 1 is 1.29 bits per heavy atom. The summed E-state index contributed by atoms with van der Waals surface area (Å²) in [6.45, 7) is 1.32. The fraction of sp³-hybridized carbons (Fsp3) is 0.267. The molecule has 2 rings (SSSR count). The van der Waals surface area contributed by atoms with Gasteiger partial charge in [0, 0.05) is 25.5 Å². The number of rotatable bonds is 7. The molecule has 2 N–H and O–H groups in total. The van der Waals surface area contributed by atoms with Crippen molar-refractivity contribution in [3.05, 3.63) is 53.9 Å². The van der Waals surface area contributed by atoms with Crippen LogP contribution >= 0.6 is 0 Å². The van der Waals surface area contributed by atoms with Crippen molar-refractivity contribution in [2.24, 2.45) is 0 Å².